The van der Waals surface area contributed by atoms with Crippen LogP contribution >= 0.6 is 12.6 Å². The Morgan fingerprint density at radius 3 is 1.47 bits per heavy atom. The van der Waals surface area contributed by atoms with Crippen molar-refractivity contribution in [3.63, 3.8) is 0 Å². The number of aliphatic carboxylic acids is 1. The van der Waals surface area contributed by atoms with E-state index in [-0.39, 0.29) is 55.8 Å². The molecular weight excluding hydrogens is 787 g/mol. The molecule has 0 rings (SSSR count). The van der Waals surface area contributed by atoms with Crippen molar-refractivity contribution >= 4 is 66.0 Å². The molecule has 0 saturated carbocycles. The van der Waals surface area contributed by atoms with Crippen molar-refractivity contribution in [2.45, 2.75) is 136 Å². The maximum atomic E-state index is 13.9. The third-order valence-electron chi connectivity index (χ3n) is 9.39. The van der Waals surface area contributed by atoms with E-state index < -0.39 is 101 Å². The zero-order valence-electron chi connectivity index (χ0n) is 35.7. The number of amides is 6. The highest BCUT2D eigenvalue weighted by atomic mass is 32.1. The molecule has 17 N–H and O–H groups in total. The van der Waals surface area contributed by atoms with Gasteiger partial charge in [-0.2, -0.15) is 12.6 Å². The van der Waals surface area contributed by atoms with E-state index >= 15 is 0 Å². The maximum absolute atomic E-state index is 13.9. The van der Waals surface area contributed by atoms with Crippen LogP contribution in [0.4, 0.5) is 0 Å². The molecular formula is C37H71N13O8S. The molecule has 0 aliphatic carbocycles. The molecule has 0 aromatic heterocycles. The summed E-state index contributed by atoms with van der Waals surface area (Å²) in [4.78, 5) is 92.9. The monoisotopic (exact) mass is 858 g/mol. The van der Waals surface area contributed by atoms with Crippen LogP contribution < -0.4 is 59.7 Å². The number of nitrogens with one attached hydrogen (secondary N) is 10. The van der Waals surface area contributed by atoms with Gasteiger partial charge in [0.15, 0.2) is 11.9 Å². The lowest BCUT2D eigenvalue weighted by molar-refractivity contribution is -0.144. The van der Waals surface area contributed by atoms with E-state index in [1.54, 1.807) is 41.5 Å². The molecule has 59 heavy (non-hydrogen) atoms. The molecule has 0 bridgehead atoms. The van der Waals surface area contributed by atoms with Crippen molar-refractivity contribution < 1.29 is 38.7 Å². The van der Waals surface area contributed by atoms with Gasteiger partial charge in [-0.15, -0.1) is 0 Å². The van der Waals surface area contributed by atoms with Gasteiger partial charge < -0.3 is 64.8 Å². The third-order valence-corrected chi connectivity index (χ3v) is 9.75. The lowest BCUT2D eigenvalue weighted by Crippen LogP contribution is -2.61. The van der Waals surface area contributed by atoms with Crippen LogP contribution in [-0.2, 0) is 33.6 Å². The number of hydrogen-bond donors (Lipinski definition) is 15. The van der Waals surface area contributed by atoms with Crippen LogP contribution in [-0.4, -0.2) is 120 Å². The van der Waals surface area contributed by atoms with Crippen LogP contribution in [0.15, 0.2) is 0 Å². The number of carbonyl (C=O) groups is 7. The van der Waals surface area contributed by atoms with Crippen LogP contribution in [0, 0.1) is 34.5 Å². The van der Waals surface area contributed by atoms with Gasteiger partial charge in [0.1, 0.15) is 36.3 Å². The molecule has 0 aliphatic heterocycles. The van der Waals surface area contributed by atoms with E-state index in [4.69, 9.17) is 28.0 Å². The fourth-order valence-electron chi connectivity index (χ4n) is 5.68. The standard InChI is InChI=1S/C37H71N13O8S/c1-9-21(8)28(34(56)48-26(19(4)5)33(55)49-27(20(6)7)35(57)58)50-30(52)23(13-11-15-44-37(41)42)45-32(54)25(17-59)47-31(53)24(16-18(2)3)46-29(51)22(38)12-10-14-43-36(39)40/h18-28,59H,9-17,38H2,1-8H3,(H,45,54)(H,46,51)(H,47,53)(H,48,56)(H,49,55)(H,50,52)(H,57,58)(H4,39,40,43)(H4,41,42,44)/t21-,22-,23-,24-,25-,26-,27-,28-/m0/s1. The van der Waals surface area contributed by atoms with Gasteiger partial charge in [-0.1, -0.05) is 61.8 Å². The fourth-order valence-corrected chi connectivity index (χ4v) is 5.94. The lowest BCUT2D eigenvalue weighted by Gasteiger charge is -2.30. The van der Waals surface area contributed by atoms with Gasteiger partial charge in [-0.05, 0) is 55.8 Å². The van der Waals surface area contributed by atoms with Crippen molar-refractivity contribution in [3.05, 3.63) is 0 Å². The summed E-state index contributed by atoms with van der Waals surface area (Å²) < 4.78 is 0. The van der Waals surface area contributed by atoms with Gasteiger partial charge >= 0.3 is 5.97 Å². The SMILES string of the molecule is CC[C@H](C)[C@H](NC(=O)[C@H](CCCNC(=N)N)NC(=O)[C@H](CS)NC(=O)[C@H](CC(C)C)NC(=O)[C@@H](N)CCCNC(=N)N)C(=O)N[C@H](C(=O)N[C@H](C(=O)O)C(C)C)C(C)C. The van der Waals surface area contributed by atoms with Crippen LogP contribution in [0.3, 0.4) is 0 Å². The number of nitrogens with two attached hydrogens (primary N) is 3. The fraction of sp³-hybridized carbons (Fsp3) is 0.757. The number of carboxylic acids is 1. The second kappa shape index (κ2) is 27.8. The van der Waals surface area contributed by atoms with E-state index in [0.29, 0.717) is 19.4 Å². The van der Waals surface area contributed by atoms with E-state index in [9.17, 15) is 38.7 Å². The van der Waals surface area contributed by atoms with Gasteiger partial charge in [-0.3, -0.25) is 39.6 Å². The average Bonchev–Trinajstić information content (AvgIpc) is 3.14. The van der Waals surface area contributed by atoms with Crippen LogP contribution in [0.2, 0.25) is 0 Å². The summed E-state index contributed by atoms with van der Waals surface area (Å²) in [6.07, 6.45) is 1.56. The van der Waals surface area contributed by atoms with Gasteiger partial charge in [0.25, 0.3) is 0 Å². The largest absolute Gasteiger partial charge is 0.480 e. The third kappa shape index (κ3) is 21.1. The van der Waals surface area contributed by atoms with Crippen LogP contribution in [0.25, 0.3) is 0 Å². The summed E-state index contributed by atoms with van der Waals surface area (Å²) in [5.41, 5.74) is 16.7. The number of rotatable bonds is 28. The highest BCUT2D eigenvalue weighted by Gasteiger charge is 2.36. The molecule has 338 valence electrons. The minimum atomic E-state index is -1.27. The molecule has 0 aromatic carbocycles. The van der Waals surface area contributed by atoms with Crippen molar-refractivity contribution in [1.29, 1.82) is 10.8 Å². The normalized spacial score (nSPS) is 15.3. The first-order valence-corrected chi connectivity index (χ1v) is 20.7. The average molecular weight is 858 g/mol. The zero-order chi connectivity index (χ0) is 45.6. The second-order valence-electron chi connectivity index (χ2n) is 15.7. The molecule has 0 unspecified atom stereocenters. The first-order valence-electron chi connectivity index (χ1n) is 20.0. The van der Waals surface area contributed by atoms with Crippen molar-refractivity contribution in [1.82, 2.24) is 42.5 Å². The van der Waals surface area contributed by atoms with E-state index in [1.165, 1.54) is 0 Å². The first-order chi connectivity index (χ1) is 27.5. The molecule has 6 amide bonds. The van der Waals surface area contributed by atoms with Gasteiger partial charge in [0.05, 0.1) is 6.04 Å². The van der Waals surface area contributed by atoms with E-state index in [0.717, 1.165) is 0 Å². The number of carbonyl (C=O) groups excluding carboxylic acids is 6. The Morgan fingerprint density at radius 2 is 1.02 bits per heavy atom. The molecule has 0 heterocycles. The number of guanidine groups is 2. The molecule has 0 radical (unpaired) electrons. The van der Waals surface area contributed by atoms with Crippen molar-refractivity contribution in [2.75, 3.05) is 18.8 Å². The first kappa shape index (κ1) is 54.1. The highest BCUT2D eigenvalue weighted by molar-refractivity contribution is 7.80. The topological polar surface area (TPSA) is 362 Å². The summed E-state index contributed by atoms with van der Waals surface area (Å²) in [5, 5.41) is 45.3. The lowest BCUT2D eigenvalue weighted by atomic mass is 9.95. The van der Waals surface area contributed by atoms with Crippen LogP contribution in [0.5, 0.6) is 0 Å². The molecule has 0 saturated heterocycles. The molecule has 22 heteroatoms. The number of thiol groups is 1. The van der Waals surface area contributed by atoms with E-state index in [2.05, 4.69) is 55.2 Å². The predicted molar refractivity (Wildman–Crippen MR) is 228 cm³/mol. The number of hydrogen-bond acceptors (Lipinski definition) is 11. The Bertz CT molecular complexity index is 1430. The van der Waals surface area contributed by atoms with Crippen molar-refractivity contribution in [3.8, 4) is 0 Å². The molecule has 0 aliphatic rings. The Kier molecular flexibility index (Phi) is 25.5. The molecule has 0 spiro atoms. The van der Waals surface area contributed by atoms with Gasteiger partial charge in [0.2, 0.25) is 35.4 Å². The summed E-state index contributed by atoms with van der Waals surface area (Å²) in [7, 11) is 0. The zero-order valence-corrected chi connectivity index (χ0v) is 36.6. The molecule has 0 aromatic rings. The van der Waals surface area contributed by atoms with Crippen molar-refractivity contribution in [2.24, 2.45) is 40.9 Å². The molecule has 8 atom stereocenters. The summed E-state index contributed by atoms with van der Waals surface area (Å²) in [6.45, 7) is 14.3. The minimum Gasteiger partial charge on any atom is -0.480 e. The Morgan fingerprint density at radius 1 is 0.593 bits per heavy atom. The molecule has 21 nitrogen and oxygen atoms in total. The Labute approximate surface area is 353 Å². The number of carboxylic acid groups (broad SMARTS) is 1. The second-order valence-corrected chi connectivity index (χ2v) is 16.1. The predicted octanol–water partition coefficient (Wildman–Crippen LogP) is -1.83. The summed E-state index contributed by atoms with van der Waals surface area (Å²) in [5.74, 6) is -7.56. The minimum absolute atomic E-state index is 0.00853. The van der Waals surface area contributed by atoms with E-state index in [1.807, 2.05) is 13.8 Å². The molecule has 0 fully saturated rings. The van der Waals surface area contributed by atoms with Gasteiger partial charge in [0, 0.05) is 18.8 Å². The Hall–Kier alpha value is -4.86. The summed E-state index contributed by atoms with van der Waals surface area (Å²) >= 11 is 4.27. The van der Waals surface area contributed by atoms with Crippen LogP contribution in [0.1, 0.15) is 93.9 Å². The van der Waals surface area contributed by atoms with Gasteiger partial charge in [-0.25, -0.2) is 4.79 Å². The highest BCUT2D eigenvalue weighted by Crippen LogP contribution is 2.13. The maximum Gasteiger partial charge on any atom is 0.326 e. The quantitative estimate of drug-likeness (QED) is 0.0178. The Balaban J connectivity index is 6.24. The smallest absolute Gasteiger partial charge is 0.326 e. The summed E-state index contributed by atoms with van der Waals surface area (Å²) in [6, 6.07) is -8.09.